The summed E-state index contributed by atoms with van der Waals surface area (Å²) in [5.41, 5.74) is 7.05. The van der Waals surface area contributed by atoms with E-state index in [2.05, 4.69) is 12.2 Å². The lowest BCUT2D eigenvalue weighted by atomic mass is 10.0. The van der Waals surface area contributed by atoms with Crippen molar-refractivity contribution in [1.82, 2.24) is 5.32 Å². The minimum Gasteiger partial charge on any atom is -0.399 e. The number of carbonyl (C=O) groups excluding carboxylic acids is 1. The minimum atomic E-state index is -0.0783. The molecule has 3 nitrogen and oxygen atoms in total. The fourth-order valence-corrected chi connectivity index (χ4v) is 1.92. The highest BCUT2D eigenvalue weighted by Gasteiger charge is 2.16. The van der Waals surface area contributed by atoms with Crippen LogP contribution in [0.1, 0.15) is 49.9 Å². The van der Waals surface area contributed by atoms with Crippen molar-refractivity contribution in [3.63, 3.8) is 0 Å². The van der Waals surface area contributed by atoms with Crippen molar-refractivity contribution in [3.05, 3.63) is 29.8 Å². The molecular weight excluding hydrogens is 224 g/mol. The number of hydrogen-bond acceptors (Lipinski definition) is 3. The van der Waals surface area contributed by atoms with Gasteiger partial charge < -0.3 is 11.1 Å². The summed E-state index contributed by atoms with van der Waals surface area (Å²) in [5.74, 6) is 0.161. The Kier molecular flexibility index (Phi) is 6.44. The normalized spacial score (nSPS) is 12.3. The molecule has 18 heavy (non-hydrogen) atoms. The maximum atomic E-state index is 12.2. The molecule has 1 rings (SSSR count). The summed E-state index contributed by atoms with van der Waals surface area (Å²) in [4.78, 5) is 12.2. The van der Waals surface area contributed by atoms with Crippen molar-refractivity contribution in [1.29, 1.82) is 0 Å². The second-order valence-corrected chi connectivity index (χ2v) is 4.61. The van der Waals surface area contributed by atoms with E-state index in [-0.39, 0.29) is 11.8 Å². The maximum absolute atomic E-state index is 12.2. The lowest BCUT2D eigenvalue weighted by molar-refractivity contribution is 0.0940. The van der Waals surface area contributed by atoms with E-state index in [4.69, 9.17) is 5.73 Å². The van der Waals surface area contributed by atoms with E-state index in [9.17, 15) is 4.79 Å². The lowest BCUT2D eigenvalue weighted by Crippen LogP contribution is -2.36. The van der Waals surface area contributed by atoms with Gasteiger partial charge in [-0.3, -0.25) is 4.79 Å². The largest absolute Gasteiger partial charge is 0.399 e. The number of hydrogen-bond donors (Lipinski definition) is 2. The zero-order valence-electron chi connectivity index (χ0n) is 11.4. The predicted octanol–water partition coefficient (Wildman–Crippen LogP) is 3.01. The number of carbonyl (C=O) groups is 1. The average Bonchev–Trinajstić information content (AvgIpc) is 2.39. The highest BCUT2D eigenvalue weighted by Crippen LogP contribution is 2.10. The summed E-state index contributed by atoms with van der Waals surface area (Å²) in [5, 5.41) is 3.34. The molecule has 0 amide bonds. The molecule has 0 heterocycles. The van der Waals surface area contributed by atoms with Crippen LogP contribution in [-0.2, 0) is 0 Å². The number of nitrogens with one attached hydrogen (secondary N) is 1. The Morgan fingerprint density at radius 2 is 1.89 bits per heavy atom. The van der Waals surface area contributed by atoms with Crippen molar-refractivity contribution in [3.8, 4) is 0 Å². The van der Waals surface area contributed by atoms with E-state index in [1.54, 1.807) is 24.3 Å². The molecule has 0 aliphatic rings. The molecule has 0 aliphatic carbocycles. The van der Waals surface area contributed by atoms with Gasteiger partial charge in [0.1, 0.15) is 0 Å². The number of anilines is 1. The minimum absolute atomic E-state index is 0.0783. The zero-order chi connectivity index (χ0) is 13.4. The molecule has 1 aromatic rings. The molecule has 1 atom stereocenters. The van der Waals surface area contributed by atoms with Crippen LogP contribution in [0.2, 0.25) is 0 Å². The van der Waals surface area contributed by atoms with E-state index in [1.807, 2.05) is 6.92 Å². The number of nitrogens with two attached hydrogens (primary N) is 1. The fraction of sp³-hybridized carbons (Fsp3) is 0.533. The Bertz CT molecular complexity index is 359. The molecule has 0 saturated carbocycles. The van der Waals surface area contributed by atoms with Gasteiger partial charge in [-0.1, -0.05) is 26.7 Å². The van der Waals surface area contributed by atoms with Gasteiger partial charge >= 0.3 is 0 Å². The number of ketones is 1. The smallest absolute Gasteiger partial charge is 0.179 e. The Hall–Kier alpha value is -1.35. The number of rotatable bonds is 8. The van der Waals surface area contributed by atoms with Crippen molar-refractivity contribution < 1.29 is 4.79 Å². The monoisotopic (exact) mass is 248 g/mol. The SMILES string of the molecule is CCCCCNC(CC)C(=O)c1ccc(N)cc1. The van der Waals surface area contributed by atoms with Gasteiger partial charge in [-0.05, 0) is 43.7 Å². The summed E-state index contributed by atoms with van der Waals surface area (Å²) in [6.45, 7) is 5.12. The van der Waals surface area contributed by atoms with Gasteiger partial charge in [0.25, 0.3) is 0 Å². The quantitative estimate of drug-likeness (QED) is 0.422. The fourth-order valence-electron chi connectivity index (χ4n) is 1.92. The van der Waals surface area contributed by atoms with Crippen molar-refractivity contribution in [2.24, 2.45) is 0 Å². The van der Waals surface area contributed by atoms with Crippen LogP contribution < -0.4 is 11.1 Å². The summed E-state index contributed by atoms with van der Waals surface area (Å²) < 4.78 is 0. The third-order valence-corrected chi connectivity index (χ3v) is 3.09. The highest BCUT2D eigenvalue weighted by molar-refractivity contribution is 6.00. The topological polar surface area (TPSA) is 55.1 Å². The van der Waals surface area contributed by atoms with Crippen LogP contribution >= 0.6 is 0 Å². The Labute approximate surface area is 110 Å². The first kappa shape index (κ1) is 14.7. The number of Topliss-reactive ketones (excluding diaryl/α,β-unsaturated/α-hetero) is 1. The molecule has 0 saturated heterocycles. The first-order valence-electron chi connectivity index (χ1n) is 6.82. The van der Waals surface area contributed by atoms with Gasteiger partial charge in [0.2, 0.25) is 0 Å². The molecule has 0 fully saturated rings. The van der Waals surface area contributed by atoms with Crippen LogP contribution in [0.25, 0.3) is 0 Å². The lowest BCUT2D eigenvalue weighted by Gasteiger charge is -2.15. The van der Waals surface area contributed by atoms with E-state index >= 15 is 0 Å². The van der Waals surface area contributed by atoms with Gasteiger partial charge in [0, 0.05) is 11.3 Å². The van der Waals surface area contributed by atoms with Crippen molar-refractivity contribution in [2.75, 3.05) is 12.3 Å². The Morgan fingerprint density at radius 1 is 1.22 bits per heavy atom. The van der Waals surface area contributed by atoms with E-state index in [0.717, 1.165) is 24.9 Å². The van der Waals surface area contributed by atoms with E-state index in [0.29, 0.717) is 5.69 Å². The van der Waals surface area contributed by atoms with Crippen molar-refractivity contribution >= 4 is 11.5 Å². The molecule has 0 aromatic heterocycles. The third kappa shape index (κ3) is 4.49. The molecule has 1 aromatic carbocycles. The predicted molar refractivity (Wildman–Crippen MR) is 76.8 cm³/mol. The van der Waals surface area contributed by atoms with Gasteiger partial charge in [-0.15, -0.1) is 0 Å². The summed E-state index contributed by atoms with van der Waals surface area (Å²) in [7, 11) is 0. The molecule has 0 bridgehead atoms. The molecular formula is C15H24N2O. The maximum Gasteiger partial charge on any atom is 0.179 e. The second kappa shape index (κ2) is 7.88. The molecule has 0 spiro atoms. The van der Waals surface area contributed by atoms with E-state index in [1.165, 1.54) is 12.8 Å². The van der Waals surface area contributed by atoms with Crippen molar-refractivity contribution in [2.45, 2.75) is 45.6 Å². The van der Waals surface area contributed by atoms with Crippen LogP contribution in [0.15, 0.2) is 24.3 Å². The van der Waals surface area contributed by atoms with Crippen LogP contribution in [0.4, 0.5) is 5.69 Å². The Morgan fingerprint density at radius 3 is 2.44 bits per heavy atom. The molecule has 0 aliphatic heterocycles. The summed E-state index contributed by atoms with van der Waals surface area (Å²) in [6.07, 6.45) is 4.35. The van der Waals surface area contributed by atoms with Crippen LogP contribution in [0.3, 0.4) is 0 Å². The summed E-state index contributed by atoms with van der Waals surface area (Å²) in [6, 6.07) is 7.07. The standard InChI is InChI=1S/C15H24N2O/c1-3-5-6-11-17-14(4-2)15(18)12-7-9-13(16)10-8-12/h7-10,14,17H,3-6,11,16H2,1-2H3. The first-order chi connectivity index (χ1) is 8.69. The molecule has 3 N–H and O–H groups in total. The highest BCUT2D eigenvalue weighted by atomic mass is 16.1. The molecule has 100 valence electrons. The Balaban J connectivity index is 2.53. The van der Waals surface area contributed by atoms with Crippen LogP contribution in [-0.4, -0.2) is 18.4 Å². The summed E-state index contributed by atoms with van der Waals surface area (Å²) >= 11 is 0. The van der Waals surface area contributed by atoms with Gasteiger partial charge in [-0.25, -0.2) is 0 Å². The molecule has 3 heteroatoms. The number of nitrogen functional groups attached to an aromatic ring is 1. The van der Waals surface area contributed by atoms with E-state index < -0.39 is 0 Å². The average molecular weight is 248 g/mol. The first-order valence-corrected chi connectivity index (χ1v) is 6.82. The zero-order valence-corrected chi connectivity index (χ0v) is 11.4. The van der Waals surface area contributed by atoms with Gasteiger partial charge in [-0.2, -0.15) is 0 Å². The van der Waals surface area contributed by atoms with Gasteiger partial charge in [0.15, 0.2) is 5.78 Å². The van der Waals surface area contributed by atoms with Crippen LogP contribution in [0, 0.1) is 0 Å². The number of benzene rings is 1. The van der Waals surface area contributed by atoms with Gasteiger partial charge in [0.05, 0.1) is 6.04 Å². The van der Waals surface area contributed by atoms with Crippen LogP contribution in [0.5, 0.6) is 0 Å². The number of unbranched alkanes of at least 4 members (excludes halogenated alkanes) is 2. The molecule has 0 radical (unpaired) electrons. The molecule has 1 unspecified atom stereocenters. The third-order valence-electron chi connectivity index (χ3n) is 3.09. The second-order valence-electron chi connectivity index (χ2n) is 4.61.